The molecule has 1 amide bonds. The summed E-state index contributed by atoms with van der Waals surface area (Å²) in [5, 5.41) is 10.7. The molecule has 2 aromatic rings. The van der Waals surface area contributed by atoms with Gasteiger partial charge in [0.1, 0.15) is 18.8 Å². The van der Waals surface area contributed by atoms with E-state index in [1.165, 1.54) is 4.90 Å². The highest BCUT2D eigenvalue weighted by Crippen LogP contribution is 2.32. The Balaban J connectivity index is 1.31. The van der Waals surface area contributed by atoms with Crippen molar-refractivity contribution in [3.05, 3.63) is 54.1 Å². The number of carbonyl (C=O) groups excluding carboxylic acids is 1. The fourth-order valence-electron chi connectivity index (χ4n) is 4.28. The van der Waals surface area contributed by atoms with Crippen molar-refractivity contribution in [2.24, 2.45) is 5.73 Å². The number of ether oxygens (including phenoxy) is 2. The average Bonchev–Trinajstić information content (AvgIpc) is 2.81. The predicted molar refractivity (Wildman–Crippen MR) is 125 cm³/mol. The van der Waals surface area contributed by atoms with E-state index < -0.39 is 18.2 Å². The number of fused-ring (bicyclic) bond motifs is 1. The summed E-state index contributed by atoms with van der Waals surface area (Å²) < 4.78 is 11.7. The number of aliphatic hydroxyl groups is 1. The summed E-state index contributed by atoms with van der Waals surface area (Å²) in [6.07, 6.45) is -1.06. The molecule has 0 bridgehead atoms. The SMILES string of the molecule is CCSc1ccc(C(C(N)=O)N2CCN(CC(O)C3COc4ccccc4O3)CC2)cc1. The number of aliphatic hydroxyl groups excluding tert-OH is 1. The molecule has 2 aliphatic rings. The molecular formula is C24H31N3O4S. The van der Waals surface area contributed by atoms with Crippen LogP contribution in [0.1, 0.15) is 18.5 Å². The van der Waals surface area contributed by atoms with E-state index in [0.29, 0.717) is 37.7 Å². The molecule has 0 radical (unpaired) electrons. The highest BCUT2D eigenvalue weighted by atomic mass is 32.2. The first-order valence-corrected chi connectivity index (χ1v) is 12.1. The third-order valence-corrected chi connectivity index (χ3v) is 6.85. The third kappa shape index (κ3) is 5.38. The number of thioether (sulfide) groups is 1. The molecular weight excluding hydrogens is 426 g/mol. The van der Waals surface area contributed by atoms with Crippen LogP contribution in [0, 0.1) is 0 Å². The Morgan fingerprint density at radius 2 is 1.81 bits per heavy atom. The highest BCUT2D eigenvalue weighted by Gasteiger charge is 2.32. The zero-order valence-corrected chi connectivity index (χ0v) is 19.2. The smallest absolute Gasteiger partial charge is 0.239 e. The molecule has 8 heteroatoms. The minimum Gasteiger partial charge on any atom is -0.486 e. The lowest BCUT2D eigenvalue weighted by Gasteiger charge is -2.40. The fraction of sp³-hybridized carbons (Fsp3) is 0.458. The van der Waals surface area contributed by atoms with E-state index >= 15 is 0 Å². The summed E-state index contributed by atoms with van der Waals surface area (Å²) in [6, 6.07) is 15.2. The van der Waals surface area contributed by atoms with Gasteiger partial charge in [-0.05, 0) is 35.6 Å². The summed E-state index contributed by atoms with van der Waals surface area (Å²) in [5.41, 5.74) is 6.71. The van der Waals surface area contributed by atoms with Crippen molar-refractivity contribution in [3.63, 3.8) is 0 Å². The van der Waals surface area contributed by atoms with E-state index in [9.17, 15) is 9.90 Å². The molecule has 3 N–H and O–H groups in total. The predicted octanol–water partition coefficient (Wildman–Crippen LogP) is 2.14. The van der Waals surface area contributed by atoms with Crippen molar-refractivity contribution in [1.29, 1.82) is 0 Å². The first-order valence-electron chi connectivity index (χ1n) is 11.1. The van der Waals surface area contributed by atoms with E-state index in [4.69, 9.17) is 15.2 Å². The fourth-order valence-corrected chi connectivity index (χ4v) is 4.94. The van der Waals surface area contributed by atoms with Crippen LogP contribution in [0.5, 0.6) is 11.5 Å². The van der Waals surface area contributed by atoms with Crippen LogP contribution in [0.25, 0.3) is 0 Å². The molecule has 3 atom stereocenters. The molecule has 1 saturated heterocycles. The molecule has 7 nitrogen and oxygen atoms in total. The largest absolute Gasteiger partial charge is 0.486 e. The van der Waals surface area contributed by atoms with Gasteiger partial charge >= 0.3 is 0 Å². The summed E-state index contributed by atoms with van der Waals surface area (Å²) in [5.74, 6) is 2.06. The van der Waals surface area contributed by atoms with Gasteiger partial charge < -0.3 is 20.3 Å². The number of nitrogens with two attached hydrogens (primary N) is 1. The number of carbonyl (C=O) groups is 1. The Bertz CT molecular complexity index is 902. The molecule has 0 spiro atoms. The third-order valence-electron chi connectivity index (χ3n) is 5.95. The Morgan fingerprint density at radius 1 is 1.12 bits per heavy atom. The number of piperazine rings is 1. The maximum atomic E-state index is 12.3. The van der Waals surface area contributed by atoms with Crippen molar-refractivity contribution in [2.75, 3.05) is 45.1 Å². The minimum absolute atomic E-state index is 0.328. The van der Waals surface area contributed by atoms with Crippen molar-refractivity contribution < 1.29 is 19.4 Å². The number of rotatable bonds is 8. The second-order valence-electron chi connectivity index (χ2n) is 8.12. The van der Waals surface area contributed by atoms with E-state index in [2.05, 4.69) is 28.9 Å². The van der Waals surface area contributed by atoms with E-state index in [1.807, 2.05) is 36.4 Å². The van der Waals surface area contributed by atoms with Crippen LogP contribution in [0.2, 0.25) is 0 Å². The highest BCUT2D eigenvalue weighted by molar-refractivity contribution is 7.99. The molecule has 4 rings (SSSR count). The molecule has 1 fully saturated rings. The van der Waals surface area contributed by atoms with E-state index in [-0.39, 0.29) is 5.91 Å². The van der Waals surface area contributed by atoms with Crippen molar-refractivity contribution in [3.8, 4) is 11.5 Å². The van der Waals surface area contributed by atoms with Gasteiger partial charge in [-0.2, -0.15) is 0 Å². The Hall–Kier alpha value is -2.26. The molecule has 2 heterocycles. The Morgan fingerprint density at radius 3 is 2.47 bits per heavy atom. The summed E-state index contributed by atoms with van der Waals surface area (Å²) in [4.78, 5) is 17.8. The van der Waals surface area contributed by atoms with Crippen LogP contribution in [-0.4, -0.2) is 78.1 Å². The lowest BCUT2D eigenvalue weighted by atomic mass is 10.0. The van der Waals surface area contributed by atoms with Gasteiger partial charge in [0, 0.05) is 37.6 Å². The standard InChI is InChI=1S/C24H31N3O4S/c1-2-32-18-9-7-17(8-10-18)23(24(25)29)27-13-11-26(12-14-27)15-19(28)22-16-30-20-5-3-4-6-21(20)31-22/h3-10,19,22-23,28H,2,11-16H2,1H3,(H2,25,29). The quantitative estimate of drug-likeness (QED) is 0.587. The van der Waals surface area contributed by atoms with Gasteiger partial charge in [-0.15, -0.1) is 11.8 Å². The average molecular weight is 458 g/mol. The van der Waals surface area contributed by atoms with Crippen LogP contribution in [-0.2, 0) is 4.79 Å². The number of β-amino-alcohol motifs (C(OH)–C–C–N with tert-alkyl or cyclic N) is 1. The molecule has 3 unspecified atom stereocenters. The van der Waals surface area contributed by atoms with Crippen molar-refractivity contribution in [1.82, 2.24) is 9.80 Å². The number of hydrogen-bond acceptors (Lipinski definition) is 7. The van der Waals surface area contributed by atoms with Gasteiger partial charge in [0.05, 0.1) is 0 Å². The monoisotopic (exact) mass is 457 g/mol. The molecule has 0 aromatic heterocycles. The number of primary amides is 1. The van der Waals surface area contributed by atoms with Crippen molar-refractivity contribution >= 4 is 17.7 Å². The zero-order valence-electron chi connectivity index (χ0n) is 18.4. The van der Waals surface area contributed by atoms with Gasteiger partial charge in [-0.25, -0.2) is 0 Å². The molecule has 0 aliphatic carbocycles. The topological polar surface area (TPSA) is 88.3 Å². The van der Waals surface area contributed by atoms with Gasteiger partial charge in [0.25, 0.3) is 0 Å². The van der Waals surface area contributed by atoms with E-state index in [0.717, 1.165) is 24.4 Å². The minimum atomic E-state index is -0.662. The second-order valence-corrected chi connectivity index (χ2v) is 9.46. The molecule has 32 heavy (non-hydrogen) atoms. The summed E-state index contributed by atoms with van der Waals surface area (Å²) in [6.45, 7) is 5.84. The van der Waals surface area contributed by atoms with Crippen LogP contribution in [0.15, 0.2) is 53.4 Å². The first-order chi connectivity index (χ1) is 15.5. The van der Waals surface area contributed by atoms with E-state index in [1.54, 1.807) is 11.8 Å². The second kappa shape index (κ2) is 10.6. The number of benzene rings is 2. The van der Waals surface area contributed by atoms with Crippen LogP contribution in [0.4, 0.5) is 0 Å². The zero-order chi connectivity index (χ0) is 22.5. The van der Waals surface area contributed by atoms with Gasteiger partial charge in [0.15, 0.2) is 17.6 Å². The lowest BCUT2D eigenvalue weighted by molar-refractivity contribution is -0.124. The molecule has 2 aliphatic heterocycles. The maximum absolute atomic E-state index is 12.3. The number of nitrogens with zero attached hydrogens (tertiary/aromatic N) is 2. The number of para-hydroxylation sites is 2. The van der Waals surface area contributed by atoms with Crippen LogP contribution < -0.4 is 15.2 Å². The molecule has 172 valence electrons. The normalized spacial score (nSPS) is 21.1. The number of amides is 1. The summed E-state index contributed by atoms with van der Waals surface area (Å²) >= 11 is 1.77. The molecule has 2 aromatic carbocycles. The van der Waals surface area contributed by atoms with Gasteiger partial charge in [-0.3, -0.25) is 14.6 Å². The van der Waals surface area contributed by atoms with Gasteiger partial charge in [-0.1, -0.05) is 31.2 Å². The van der Waals surface area contributed by atoms with Gasteiger partial charge in [0.2, 0.25) is 5.91 Å². The van der Waals surface area contributed by atoms with Crippen LogP contribution in [0.3, 0.4) is 0 Å². The Labute approximate surface area is 193 Å². The summed E-state index contributed by atoms with van der Waals surface area (Å²) in [7, 11) is 0. The van der Waals surface area contributed by atoms with Crippen molar-refractivity contribution in [2.45, 2.75) is 30.1 Å². The lowest BCUT2D eigenvalue weighted by Crippen LogP contribution is -2.54. The Kier molecular flexibility index (Phi) is 7.57. The first kappa shape index (κ1) is 22.9. The number of hydrogen-bond donors (Lipinski definition) is 2. The molecule has 0 saturated carbocycles. The maximum Gasteiger partial charge on any atom is 0.239 e. The van der Waals surface area contributed by atoms with Crippen LogP contribution >= 0.6 is 11.8 Å².